The van der Waals surface area contributed by atoms with Crippen LogP contribution in [0, 0.1) is 6.93 Å². The van der Waals surface area contributed by atoms with E-state index < -0.39 is 6.93 Å². The zero-order valence-corrected chi connectivity index (χ0v) is 4.59. The first kappa shape index (κ1) is 16.8. The van der Waals surface area contributed by atoms with E-state index >= 15 is 0 Å². The van der Waals surface area contributed by atoms with Crippen molar-refractivity contribution in [3.63, 3.8) is 0 Å². The van der Waals surface area contributed by atoms with Gasteiger partial charge in [-0.15, -0.1) is 0 Å². The summed E-state index contributed by atoms with van der Waals surface area (Å²) >= 11 is 0. The van der Waals surface area contributed by atoms with E-state index in [9.17, 15) is 8.78 Å². The van der Waals surface area contributed by atoms with Crippen LogP contribution in [0.3, 0.4) is 0 Å². The van der Waals surface area contributed by atoms with Gasteiger partial charge in [-0.05, 0) is 6.93 Å². The summed E-state index contributed by atoms with van der Waals surface area (Å²) in [6.07, 6.45) is 0. The van der Waals surface area contributed by atoms with Gasteiger partial charge in [-0.3, -0.25) is 0 Å². The molecule has 0 spiro atoms. The van der Waals surface area contributed by atoms with E-state index in [4.69, 9.17) is 0 Å². The third-order valence-corrected chi connectivity index (χ3v) is 0. The first-order chi connectivity index (χ1) is 1.41. The van der Waals surface area contributed by atoms with Gasteiger partial charge in [0.1, 0.15) is 0 Å². The van der Waals surface area contributed by atoms with E-state index in [-0.39, 0.29) is 35.5 Å². The fraction of sp³-hybridized carbons (Fsp3) is 0. The van der Waals surface area contributed by atoms with Crippen LogP contribution in [0.4, 0.5) is 8.78 Å². The molecule has 0 bridgehead atoms. The summed E-state index contributed by atoms with van der Waals surface area (Å²) in [5.41, 5.74) is 0. The fourth-order valence-electron chi connectivity index (χ4n) is 0. The molecule has 0 fully saturated rings. The van der Waals surface area contributed by atoms with Crippen LogP contribution in [0.15, 0.2) is 0 Å². The van der Waals surface area contributed by atoms with Crippen molar-refractivity contribution >= 4 is 23.1 Å². The quantitative estimate of drug-likeness (QED) is 0.243. The number of rotatable bonds is 0. The monoisotopic (exact) mass is 110 g/mol. The Kier molecular flexibility index (Phi) is 69.1. The van der Waals surface area contributed by atoms with Crippen LogP contribution in [-0.2, 0) is 0 Å². The summed E-state index contributed by atoms with van der Waals surface area (Å²) in [4.78, 5) is 0. The van der Waals surface area contributed by atoms with Gasteiger partial charge in [0.25, 0.3) is 0 Å². The molecular weight excluding hydrogens is 110 g/mol. The number of halogens is 3. The molecule has 4 heteroatoms. The molecule has 0 rings (SSSR count). The van der Waals surface area contributed by atoms with Crippen molar-refractivity contribution in [2.75, 3.05) is 0 Å². The normalized spacial score (nSPS) is 3.60. The average molecular weight is 111 g/mol. The Morgan fingerprint density at radius 1 is 1.20 bits per heavy atom. The average Bonchev–Trinajstić information content (AvgIpc) is 0.918. The van der Waals surface area contributed by atoms with Crippen LogP contribution in [0.2, 0.25) is 0 Å². The van der Waals surface area contributed by atoms with E-state index in [0.29, 0.717) is 0 Å². The molecule has 0 aliphatic heterocycles. The van der Waals surface area contributed by atoms with Crippen molar-refractivity contribution in [1.29, 1.82) is 0 Å². The Morgan fingerprint density at radius 2 is 1.20 bits per heavy atom. The van der Waals surface area contributed by atoms with Gasteiger partial charge in [0.2, 0.25) is 0 Å². The second kappa shape index (κ2) is 20.5. The molecule has 0 aromatic heterocycles. The van der Waals surface area contributed by atoms with Crippen LogP contribution in [0.5, 0.6) is 0 Å². The smallest absolute Gasteiger partial charge is 1.00 e. The van der Waals surface area contributed by atoms with Gasteiger partial charge in [-0.2, -0.15) is 0 Å². The summed E-state index contributed by atoms with van der Waals surface area (Å²) in [5.74, 6) is 0. The summed E-state index contributed by atoms with van der Waals surface area (Å²) < 4.78 is 19.0. The molecule has 0 aliphatic carbocycles. The molecule has 0 aromatic carbocycles. The first-order valence-electron chi connectivity index (χ1n) is 0.436. The minimum absolute atomic E-state index is 0. The second-order valence-corrected chi connectivity index (χ2v) is 0.0825. The van der Waals surface area contributed by atoms with Crippen LogP contribution < -0.4 is 12.4 Å². The van der Waals surface area contributed by atoms with Gasteiger partial charge in [0.05, 0.1) is 0 Å². The number of hydrogen-bond donors (Lipinski definition) is 0. The first-order valence-corrected chi connectivity index (χ1v) is 0.436. The van der Waals surface area contributed by atoms with E-state index in [1.54, 1.807) is 0 Å². The van der Waals surface area contributed by atoms with E-state index in [1.807, 2.05) is 0 Å². The maximum Gasteiger partial charge on any atom is 2.00 e. The van der Waals surface area contributed by atoms with Gasteiger partial charge in [-0.25, -0.2) is 0 Å². The van der Waals surface area contributed by atoms with E-state index in [0.717, 1.165) is 0 Å². The molecule has 0 radical (unpaired) electrons. The molecule has 5 heavy (non-hydrogen) atoms. The van der Waals surface area contributed by atoms with Gasteiger partial charge in [0.15, 0.2) is 0 Å². The number of hydrogen-bond acceptors (Lipinski definition) is 0. The molecule has 0 saturated carbocycles. The van der Waals surface area contributed by atoms with Crippen molar-refractivity contribution in [1.82, 2.24) is 0 Å². The topological polar surface area (TPSA) is 0 Å². The van der Waals surface area contributed by atoms with E-state index in [1.165, 1.54) is 0 Å². The Labute approximate surface area is 51.5 Å². The van der Waals surface area contributed by atoms with Crippen molar-refractivity contribution in [2.24, 2.45) is 0 Å². The molecule has 0 atom stereocenters. The SMILES string of the molecule is F[CH-]F.[Cl-].[Mg+2]. The van der Waals surface area contributed by atoms with Crippen LogP contribution in [-0.4, -0.2) is 23.1 Å². The minimum Gasteiger partial charge on any atom is -1.00 e. The molecule has 0 aromatic rings. The van der Waals surface area contributed by atoms with Crippen LogP contribution in [0.1, 0.15) is 0 Å². The minimum atomic E-state index is -1.00. The van der Waals surface area contributed by atoms with Gasteiger partial charge < -0.3 is 21.2 Å². The van der Waals surface area contributed by atoms with Crippen LogP contribution in [0.25, 0.3) is 0 Å². The molecule has 0 saturated heterocycles. The molecule has 0 aliphatic rings. The predicted molar refractivity (Wildman–Crippen MR) is 12.3 cm³/mol. The summed E-state index contributed by atoms with van der Waals surface area (Å²) in [7, 11) is 0. The van der Waals surface area contributed by atoms with Gasteiger partial charge >= 0.3 is 23.1 Å². The predicted octanol–water partition coefficient (Wildman–Crippen LogP) is -2.33. The fourth-order valence-corrected chi connectivity index (χ4v) is 0. The third-order valence-electron chi connectivity index (χ3n) is 0. The molecule has 28 valence electrons. The van der Waals surface area contributed by atoms with Crippen LogP contribution >= 0.6 is 0 Å². The van der Waals surface area contributed by atoms with Crippen molar-refractivity contribution in [3.05, 3.63) is 6.93 Å². The maximum absolute atomic E-state index is 9.50. The summed E-state index contributed by atoms with van der Waals surface area (Å²) in [6.45, 7) is -1.00. The third kappa shape index (κ3) is 49.8. The molecule has 0 N–H and O–H groups in total. The zero-order valence-electron chi connectivity index (χ0n) is 2.42. The molecular formula is CHClF2Mg. The second-order valence-electron chi connectivity index (χ2n) is 0.0825. The zero-order chi connectivity index (χ0) is 2.71. The molecule has 0 amide bonds. The van der Waals surface area contributed by atoms with Crippen molar-refractivity contribution in [3.8, 4) is 0 Å². The largest absolute Gasteiger partial charge is 2.00 e. The Balaban J connectivity index is -0.0000000200. The summed E-state index contributed by atoms with van der Waals surface area (Å²) in [5, 5.41) is 0. The van der Waals surface area contributed by atoms with E-state index in [2.05, 4.69) is 0 Å². The van der Waals surface area contributed by atoms with Gasteiger partial charge in [-0.1, -0.05) is 0 Å². The Bertz CT molecular complexity index is 9.61. The van der Waals surface area contributed by atoms with Crippen molar-refractivity contribution < 1.29 is 21.2 Å². The molecule has 0 heterocycles. The molecule has 0 unspecified atom stereocenters. The Morgan fingerprint density at radius 3 is 1.20 bits per heavy atom. The summed E-state index contributed by atoms with van der Waals surface area (Å²) in [6, 6.07) is 0. The van der Waals surface area contributed by atoms with Crippen molar-refractivity contribution in [2.45, 2.75) is 0 Å². The van der Waals surface area contributed by atoms with Gasteiger partial charge in [0, 0.05) is 0 Å². The maximum atomic E-state index is 9.50. The Hall–Kier alpha value is 0.916. The standard InChI is InChI=1S/CHF2.ClH.Mg/c2-1-3;;/h1H;1H;/q-1;;+2/p-1. The molecule has 0 nitrogen and oxygen atoms in total.